The summed E-state index contributed by atoms with van der Waals surface area (Å²) in [5.74, 6) is 0.354. The number of fused-ring (bicyclic) bond motifs is 2. The molecule has 0 saturated heterocycles. The second-order valence-corrected chi connectivity index (χ2v) is 6.91. The van der Waals surface area contributed by atoms with E-state index in [2.05, 4.69) is 32.4 Å². The van der Waals surface area contributed by atoms with Crippen LogP contribution in [0.3, 0.4) is 0 Å². The molecular formula is C20H18N4OS. The van der Waals surface area contributed by atoms with Gasteiger partial charge in [0.25, 0.3) is 0 Å². The number of para-hydroxylation sites is 2. The molecular weight excluding hydrogens is 344 g/mol. The summed E-state index contributed by atoms with van der Waals surface area (Å²) in [6.07, 6.45) is 4.36. The molecule has 0 bridgehead atoms. The van der Waals surface area contributed by atoms with Crippen LogP contribution in [0.4, 0.5) is 0 Å². The van der Waals surface area contributed by atoms with Gasteiger partial charge in [-0.05, 0) is 24.1 Å². The average Bonchev–Trinajstić information content (AvgIpc) is 3.09. The lowest BCUT2D eigenvalue weighted by Crippen LogP contribution is -2.27. The molecule has 1 amide bonds. The smallest absolute Gasteiger partial charge is 0.230 e. The molecule has 2 heterocycles. The number of benzene rings is 2. The van der Waals surface area contributed by atoms with Crippen molar-refractivity contribution in [3.63, 3.8) is 0 Å². The lowest BCUT2D eigenvalue weighted by atomic mass is 10.1. The van der Waals surface area contributed by atoms with E-state index in [9.17, 15) is 4.79 Å². The minimum absolute atomic E-state index is 0.0116. The molecule has 130 valence electrons. The minimum Gasteiger partial charge on any atom is -0.361 e. The summed E-state index contributed by atoms with van der Waals surface area (Å²) in [7, 11) is 0. The van der Waals surface area contributed by atoms with E-state index in [4.69, 9.17) is 0 Å². The molecule has 0 saturated carbocycles. The van der Waals surface area contributed by atoms with E-state index in [0.29, 0.717) is 12.3 Å². The molecule has 4 aromatic rings. The maximum atomic E-state index is 12.2. The summed E-state index contributed by atoms with van der Waals surface area (Å²) in [5.41, 5.74) is 3.24. The lowest BCUT2D eigenvalue weighted by molar-refractivity contribution is -0.118. The zero-order valence-electron chi connectivity index (χ0n) is 14.1. The fourth-order valence-corrected chi connectivity index (χ4v) is 3.77. The SMILES string of the molecule is O=C(CSc1ncnc2ccccc12)NCCc1c[nH]c2ccccc12. The zero-order chi connectivity index (χ0) is 17.8. The average molecular weight is 362 g/mol. The number of carbonyl (C=O) groups excluding carboxylic acids is 1. The molecule has 2 aromatic carbocycles. The van der Waals surface area contributed by atoms with E-state index in [-0.39, 0.29) is 5.91 Å². The first-order chi connectivity index (χ1) is 12.8. The Balaban J connectivity index is 1.31. The van der Waals surface area contributed by atoms with Gasteiger partial charge in [0.05, 0.1) is 11.3 Å². The first-order valence-electron chi connectivity index (χ1n) is 8.45. The Labute approximate surface area is 155 Å². The second kappa shape index (κ2) is 7.58. The molecule has 0 radical (unpaired) electrons. The zero-order valence-corrected chi connectivity index (χ0v) is 14.9. The third-order valence-corrected chi connectivity index (χ3v) is 5.24. The standard InChI is InChI=1S/C20H18N4OS/c25-19(12-26-20-16-6-2-4-8-18(16)23-13-24-20)21-10-9-14-11-22-17-7-3-1-5-15(14)17/h1-8,11,13,22H,9-10,12H2,(H,21,25). The van der Waals surface area contributed by atoms with E-state index in [0.717, 1.165) is 27.9 Å². The van der Waals surface area contributed by atoms with Crippen molar-refractivity contribution < 1.29 is 4.79 Å². The van der Waals surface area contributed by atoms with Crippen LogP contribution in [0, 0.1) is 0 Å². The second-order valence-electron chi connectivity index (χ2n) is 5.94. The largest absolute Gasteiger partial charge is 0.361 e. The number of aromatic amines is 1. The quantitative estimate of drug-likeness (QED) is 0.406. The number of nitrogens with one attached hydrogen (secondary N) is 2. The predicted molar refractivity (Wildman–Crippen MR) is 105 cm³/mol. The van der Waals surface area contributed by atoms with Crippen molar-refractivity contribution in [2.45, 2.75) is 11.4 Å². The molecule has 4 rings (SSSR count). The fraction of sp³-hybridized carbons (Fsp3) is 0.150. The van der Waals surface area contributed by atoms with Gasteiger partial charge in [-0.3, -0.25) is 4.79 Å². The van der Waals surface area contributed by atoms with Gasteiger partial charge in [-0.25, -0.2) is 9.97 Å². The van der Waals surface area contributed by atoms with Crippen LogP contribution in [-0.2, 0) is 11.2 Å². The maximum absolute atomic E-state index is 12.2. The molecule has 0 unspecified atom stereocenters. The Hall–Kier alpha value is -2.86. The van der Waals surface area contributed by atoms with Crippen LogP contribution in [0.15, 0.2) is 66.1 Å². The van der Waals surface area contributed by atoms with Crippen LogP contribution in [0.2, 0.25) is 0 Å². The molecule has 0 aliphatic carbocycles. The Morgan fingerprint density at radius 3 is 2.77 bits per heavy atom. The first-order valence-corrected chi connectivity index (χ1v) is 9.44. The number of hydrogen-bond acceptors (Lipinski definition) is 4. The molecule has 0 aliphatic heterocycles. The molecule has 0 spiro atoms. The van der Waals surface area contributed by atoms with Crippen molar-refractivity contribution in [1.82, 2.24) is 20.3 Å². The number of carbonyl (C=O) groups is 1. The number of hydrogen-bond donors (Lipinski definition) is 2. The lowest BCUT2D eigenvalue weighted by Gasteiger charge is -2.06. The highest BCUT2D eigenvalue weighted by atomic mass is 32.2. The van der Waals surface area contributed by atoms with Gasteiger partial charge in [0.15, 0.2) is 0 Å². The van der Waals surface area contributed by atoms with Gasteiger partial charge < -0.3 is 10.3 Å². The molecule has 0 atom stereocenters. The van der Waals surface area contributed by atoms with Crippen LogP contribution in [0.5, 0.6) is 0 Å². The van der Waals surface area contributed by atoms with Crippen LogP contribution in [0.25, 0.3) is 21.8 Å². The van der Waals surface area contributed by atoms with Crippen molar-refractivity contribution in [2.75, 3.05) is 12.3 Å². The Bertz CT molecular complexity index is 1050. The van der Waals surface area contributed by atoms with Crippen LogP contribution < -0.4 is 5.32 Å². The number of rotatable bonds is 6. The highest BCUT2D eigenvalue weighted by Gasteiger charge is 2.08. The summed E-state index contributed by atoms with van der Waals surface area (Å²) in [6, 6.07) is 16.0. The summed E-state index contributed by atoms with van der Waals surface area (Å²) in [4.78, 5) is 24.0. The summed E-state index contributed by atoms with van der Waals surface area (Å²) >= 11 is 1.44. The number of aromatic nitrogens is 3. The third kappa shape index (κ3) is 3.55. The van der Waals surface area contributed by atoms with Crippen molar-refractivity contribution in [3.8, 4) is 0 Å². The van der Waals surface area contributed by atoms with E-state index in [1.54, 1.807) is 6.33 Å². The van der Waals surface area contributed by atoms with Gasteiger partial charge in [-0.1, -0.05) is 48.2 Å². The molecule has 0 aliphatic rings. The maximum Gasteiger partial charge on any atom is 0.230 e. The topological polar surface area (TPSA) is 70.7 Å². The Kier molecular flexibility index (Phi) is 4.84. The van der Waals surface area contributed by atoms with Crippen molar-refractivity contribution in [2.24, 2.45) is 0 Å². The number of nitrogens with zero attached hydrogens (tertiary/aromatic N) is 2. The monoisotopic (exact) mass is 362 g/mol. The molecule has 0 fully saturated rings. The minimum atomic E-state index is 0.0116. The van der Waals surface area contributed by atoms with Crippen LogP contribution in [0.1, 0.15) is 5.56 Å². The highest BCUT2D eigenvalue weighted by Crippen LogP contribution is 2.23. The fourth-order valence-electron chi connectivity index (χ4n) is 2.96. The van der Waals surface area contributed by atoms with Gasteiger partial charge in [0.1, 0.15) is 11.4 Å². The first kappa shape index (κ1) is 16.6. The number of H-pyrrole nitrogens is 1. The van der Waals surface area contributed by atoms with Gasteiger partial charge in [-0.2, -0.15) is 0 Å². The van der Waals surface area contributed by atoms with Crippen molar-refractivity contribution in [1.29, 1.82) is 0 Å². The molecule has 6 heteroatoms. The Morgan fingerprint density at radius 2 is 1.85 bits per heavy atom. The van der Waals surface area contributed by atoms with Crippen molar-refractivity contribution >= 4 is 39.5 Å². The summed E-state index contributed by atoms with van der Waals surface area (Å²) in [6.45, 7) is 0.617. The molecule has 5 nitrogen and oxygen atoms in total. The van der Waals surface area contributed by atoms with Crippen LogP contribution in [-0.4, -0.2) is 33.2 Å². The molecule has 2 N–H and O–H groups in total. The normalized spacial score (nSPS) is 11.1. The number of thioether (sulfide) groups is 1. The predicted octanol–water partition coefficient (Wildman–Crippen LogP) is 3.56. The van der Waals surface area contributed by atoms with Gasteiger partial charge in [0.2, 0.25) is 5.91 Å². The van der Waals surface area contributed by atoms with E-state index < -0.39 is 0 Å². The van der Waals surface area contributed by atoms with E-state index in [1.807, 2.05) is 42.6 Å². The number of amides is 1. The molecule has 26 heavy (non-hydrogen) atoms. The van der Waals surface area contributed by atoms with Gasteiger partial charge >= 0.3 is 0 Å². The summed E-state index contributed by atoms with van der Waals surface area (Å²) in [5, 5.41) is 6.01. The van der Waals surface area contributed by atoms with Crippen molar-refractivity contribution in [3.05, 3.63) is 66.6 Å². The van der Waals surface area contributed by atoms with E-state index in [1.165, 1.54) is 22.7 Å². The third-order valence-electron chi connectivity index (χ3n) is 4.24. The Morgan fingerprint density at radius 1 is 1.04 bits per heavy atom. The summed E-state index contributed by atoms with van der Waals surface area (Å²) < 4.78 is 0. The van der Waals surface area contributed by atoms with Gasteiger partial charge in [0, 0.05) is 29.0 Å². The van der Waals surface area contributed by atoms with Gasteiger partial charge in [-0.15, -0.1) is 0 Å². The van der Waals surface area contributed by atoms with Crippen LogP contribution >= 0.6 is 11.8 Å². The molecule has 2 aromatic heterocycles. The van der Waals surface area contributed by atoms with E-state index >= 15 is 0 Å². The highest BCUT2D eigenvalue weighted by molar-refractivity contribution is 8.00.